The summed E-state index contributed by atoms with van der Waals surface area (Å²) in [6.45, 7) is 5.70. The number of aliphatic hydroxyl groups is 1. The fraction of sp³-hybridized carbons (Fsp3) is 0.355. The van der Waals surface area contributed by atoms with Gasteiger partial charge in [0.15, 0.2) is 6.29 Å². The zero-order valence-corrected chi connectivity index (χ0v) is 22.4. The first-order valence-electron chi connectivity index (χ1n) is 13.2. The van der Waals surface area contributed by atoms with Gasteiger partial charge in [0, 0.05) is 49.9 Å². The molecule has 1 aliphatic rings. The number of carbonyl (C=O) groups is 1. The number of benzene rings is 2. The topological polar surface area (TPSA) is 93.2 Å². The lowest BCUT2D eigenvalue weighted by Gasteiger charge is -2.38. The quantitative estimate of drug-likeness (QED) is 0.327. The van der Waals surface area contributed by atoms with Crippen LogP contribution in [0.1, 0.15) is 46.8 Å². The van der Waals surface area contributed by atoms with Gasteiger partial charge in [-0.05, 0) is 35.9 Å². The normalized spacial score (nSPS) is 19.0. The molecule has 4 rings (SSSR count). The first-order valence-corrected chi connectivity index (χ1v) is 13.2. The summed E-state index contributed by atoms with van der Waals surface area (Å²) in [4.78, 5) is 18.4. The molecule has 0 unspecified atom stereocenters. The Labute approximate surface area is 230 Å². The fourth-order valence-corrected chi connectivity index (χ4v) is 4.48. The van der Waals surface area contributed by atoms with Gasteiger partial charge in [0.2, 0.25) is 0 Å². The van der Waals surface area contributed by atoms with Crippen molar-refractivity contribution >= 4 is 6.09 Å². The molecule has 1 fully saturated rings. The zero-order chi connectivity index (χ0) is 27.5. The van der Waals surface area contributed by atoms with E-state index in [0.717, 1.165) is 53.9 Å². The summed E-state index contributed by atoms with van der Waals surface area (Å²) in [6.07, 6.45) is 3.73. The molecule has 0 saturated carbocycles. The highest BCUT2D eigenvalue weighted by molar-refractivity contribution is 5.67. The van der Waals surface area contributed by atoms with Crippen molar-refractivity contribution in [3.63, 3.8) is 0 Å². The van der Waals surface area contributed by atoms with Gasteiger partial charge in [-0.25, -0.2) is 4.79 Å². The predicted molar refractivity (Wildman–Crippen MR) is 149 cm³/mol. The molecule has 0 aliphatic carbocycles. The van der Waals surface area contributed by atoms with Crippen LogP contribution in [0.2, 0.25) is 0 Å². The number of aliphatic hydroxyl groups excluding tert-OH is 1. The standard InChI is InChI=1S/C31H37N3O5/c1-3-18-37-31(36)33-20-23-7-13-26(14-8-23)30-38-28(21-34(2)17-15-27-6-4-5-16-32-27)19-29(39-30)25-11-9-24(22-35)10-12-25/h3-14,16,28-30,35H,1,15,17-22H2,2H3,(H,33,36)/t28-,29+,30+/m0/s1. The van der Waals surface area contributed by atoms with Gasteiger partial charge in [0.25, 0.3) is 0 Å². The molecule has 3 atom stereocenters. The summed E-state index contributed by atoms with van der Waals surface area (Å²) in [5, 5.41) is 12.2. The third-order valence-electron chi connectivity index (χ3n) is 6.63. The van der Waals surface area contributed by atoms with Crippen LogP contribution >= 0.6 is 0 Å². The van der Waals surface area contributed by atoms with Gasteiger partial charge >= 0.3 is 6.09 Å². The smallest absolute Gasteiger partial charge is 0.407 e. The number of amides is 1. The summed E-state index contributed by atoms with van der Waals surface area (Å²) >= 11 is 0. The predicted octanol–water partition coefficient (Wildman–Crippen LogP) is 4.71. The van der Waals surface area contributed by atoms with Crippen molar-refractivity contribution in [2.45, 2.75) is 44.5 Å². The number of aromatic nitrogens is 1. The van der Waals surface area contributed by atoms with Crippen molar-refractivity contribution in [1.29, 1.82) is 0 Å². The third-order valence-corrected chi connectivity index (χ3v) is 6.63. The number of nitrogens with zero attached hydrogens (tertiary/aromatic N) is 2. The van der Waals surface area contributed by atoms with Crippen molar-refractivity contribution < 1.29 is 24.1 Å². The number of alkyl carbamates (subject to hydrolysis) is 1. The van der Waals surface area contributed by atoms with Crippen LogP contribution < -0.4 is 5.32 Å². The SMILES string of the molecule is C=CCOC(=O)NCc1ccc([C@@H]2O[C@H](CN(C)CCc3ccccn3)C[C@H](c3ccc(CO)cc3)O2)cc1. The number of pyridine rings is 1. The van der Waals surface area contributed by atoms with Crippen molar-refractivity contribution in [3.05, 3.63) is 114 Å². The molecular formula is C31H37N3O5. The lowest BCUT2D eigenvalue weighted by Crippen LogP contribution is -2.38. The van der Waals surface area contributed by atoms with Gasteiger partial charge in [-0.2, -0.15) is 0 Å². The average Bonchev–Trinajstić information content (AvgIpc) is 2.98. The molecule has 3 aromatic rings. The van der Waals surface area contributed by atoms with Gasteiger partial charge in [-0.1, -0.05) is 67.3 Å². The minimum atomic E-state index is -0.532. The minimum absolute atomic E-state index is 0.00835. The van der Waals surface area contributed by atoms with Gasteiger partial charge in [0.05, 0.1) is 18.8 Å². The van der Waals surface area contributed by atoms with Crippen LogP contribution in [-0.2, 0) is 33.8 Å². The highest BCUT2D eigenvalue weighted by atomic mass is 16.7. The number of rotatable bonds is 12. The third kappa shape index (κ3) is 8.73. The van der Waals surface area contributed by atoms with Gasteiger partial charge in [-0.3, -0.25) is 4.98 Å². The molecule has 2 heterocycles. The molecule has 8 nitrogen and oxygen atoms in total. The van der Waals surface area contributed by atoms with E-state index >= 15 is 0 Å². The van der Waals surface area contributed by atoms with Crippen LogP contribution in [0, 0.1) is 0 Å². The Morgan fingerprint density at radius 3 is 2.54 bits per heavy atom. The van der Waals surface area contributed by atoms with Crippen LogP contribution in [-0.4, -0.2) is 53.9 Å². The lowest BCUT2D eigenvalue weighted by atomic mass is 9.99. The number of hydrogen-bond donors (Lipinski definition) is 2. The molecule has 1 aromatic heterocycles. The molecule has 1 saturated heterocycles. The summed E-state index contributed by atoms with van der Waals surface area (Å²) in [5.74, 6) is 0. The van der Waals surface area contributed by atoms with E-state index in [-0.39, 0.29) is 25.4 Å². The van der Waals surface area contributed by atoms with E-state index in [0.29, 0.717) is 6.54 Å². The number of likely N-dealkylation sites (N-methyl/N-ethyl adjacent to an activating group) is 1. The maximum atomic E-state index is 11.7. The molecule has 2 N–H and O–H groups in total. The first kappa shape index (κ1) is 28.4. The van der Waals surface area contributed by atoms with Gasteiger partial charge in [-0.15, -0.1) is 0 Å². The van der Waals surface area contributed by atoms with Crippen molar-refractivity contribution in [2.24, 2.45) is 0 Å². The summed E-state index contributed by atoms with van der Waals surface area (Å²) in [5.41, 5.74) is 4.84. The van der Waals surface area contributed by atoms with Crippen LogP contribution in [0.15, 0.2) is 85.6 Å². The largest absolute Gasteiger partial charge is 0.445 e. The van der Waals surface area contributed by atoms with Crippen molar-refractivity contribution in [3.8, 4) is 0 Å². The summed E-state index contributed by atoms with van der Waals surface area (Å²) < 4.78 is 17.9. The molecule has 0 bridgehead atoms. The molecule has 2 aromatic carbocycles. The maximum Gasteiger partial charge on any atom is 0.407 e. The van der Waals surface area contributed by atoms with Crippen LogP contribution in [0.3, 0.4) is 0 Å². The Hall–Kier alpha value is -3.56. The minimum Gasteiger partial charge on any atom is -0.445 e. The molecule has 1 aliphatic heterocycles. The summed E-state index contributed by atoms with van der Waals surface area (Å²) in [7, 11) is 2.10. The van der Waals surface area contributed by atoms with E-state index in [9.17, 15) is 9.90 Å². The molecule has 39 heavy (non-hydrogen) atoms. The van der Waals surface area contributed by atoms with Crippen LogP contribution in [0.25, 0.3) is 0 Å². The van der Waals surface area contributed by atoms with Gasteiger partial charge < -0.3 is 29.5 Å². The number of ether oxygens (including phenoxy) is 3. The monoisotopic (exact) mass is 531 g/mol. The highest BCUT2D eigenvalue weighted by Gasteiger charge is 2.32. The van der Waals surface area contributed by atoms with Crippen molar-refractivity contribution in [1.82, 2.24) is 15.2 Å². The van der Waals surface area contributed by atoms with Crippen LogP contribution in [0.4, 0.5) is 4.79 Å². The first-order chi connectivity index (χ1) is 19.0. The molecule has 0 spiro atoms. The summed E-state index contributed by atoms with van der Waals surface area (Å²) in [6, 6.07) is 21.7. The molecule has 1 amide bonds. The molecule has 8 heteroatoms. The van der Waals surface area contributed by atoms with E-state index in [2.05, 4.69) is 28.8 Å². The van der Waals surface area contributed by atoms with E-state index in [1.807, 2.05) is 72.9 Å². The van der Waals surface area contributed by atoms with E-state index in [1.165, 1.54) is 6.08 Å². The second kappa shape index (κ2) is 14.6. The Kier molecular flexibility index (Phi) is 10.6. The second-order valence-corrected chi connectivity index (χ2v) is 9.67. The number of nitrogens with one attached hydrogen (secondary N) is 1. The Morgan fingerprint density at radius 1 is 1.10 bits per heavy atom. The second-order valence-electron chi connectivity index (χ2n) is 9.67. The Morgan fingerprint density at radius 2 is 1.85 bits per heavy atom. The van der Waals surface area contributed by atoms with Crippen LogP contribution in [0.5, 0.6) is 0 Å². The number of hydrogen-bond acceptors (Lipinski definition) is 7. The average molecular weight is 532 g/mol. The Bertz CT molecular complexity index is 1170. The van der Waals surface area contributed by atoms with E-state index in [1.54, 1.807) is 0 Å². The molecule has 0 radical (unpaired) electrons. The molecule has 206 valence electrons. The highest BCUT2D eigenvalue weighted by Crippen LogP contribution is 2.38. The lowest BCUT2D eigenvalue weighted by molar-refractivity contribution is -0.252. The fourth-order valence-electron chi connectivity index (χ4n) is 4.48. The number of carbonyl (C=O) groups excluding carboxylic acids is 1. The van der Waals surface area contributed by atoms with Crippen molar-refractivity contribution in [2.75, 3.05) is 26.7 Å². The molecular weight excluding hydrogens is 494 g/mol. The van der Waals surface area contributed by atoms with Gasteiger partial charge in [0.1, 0.15) is 6.61 Å². The van der Waals surface area contributed by atoms with E-state index < -0.39 is 12.4 Å². The maximum absolute atomic E-state index is 11.7. The zero-order valence-electron chi connectivity index (χ0n) is 22.4. The Balaban J connectivity index is 1.42. The van der Waals surface area contributed by atoms with E-state index in [4.69, 9.17) is 14.2 Å².